The van der Waals surface area contributed by atoms with Gasteiger partial charge in [0.2, 0.25) is 5.91 Å². The van der Waals surface area contributed by atoms with Gasteiger partial charge in [0.1, 0.15) is 0 Å². The van der Waals surface area contributed by atoms with E-state index in [1.165, 1.54) is 38.5 Å². The molecule has 0 radical (unpaired) electrons. The smallest absolute Gasteiger partial charge is 0.246 e. The van der Waals surface area contributed by atoms with Gasteiger partial charge in [0, 0.05) is 18.5 Å². The van der Waals surface area contributed by atoms with E-state index >= 15 is 0 Å². The second-order valence-corrected chi connectivity index (χ2v) is 9.89. The molecule has 0 aromatic heterocycles. The fourth-order valence-electron chi connectivity index (χ4n) is 7.84. The van der Waals surface area contributed by atoms with E-state index in [1.807, 2.05) is 18.0 Å². The van der Waals surface area contributed by atoms with Crippen molar-refractivity contribution in [3.05, 3.63) is 12.2 Å². The van der Waals surface area contributed by atoms with Gasteiger partial charge in [-0.3, -0.25) is 4.79 Å². The Morgan fingerprint density at radius 1 is 1.21 bits per heavy atom. The average molecular weight is 330 g/mol. The van der Waals surface area contributed by atoms with Gasteiger partial charge < -0.3 is 4.90 Å². The predicted octanol–water partition coefficient (Wildman–Crippen LogP) is 4.90. The molecule has 24 heavy (non-hydrogen) atoms. The molecule has 1 heterocycles. The molecular formula is C22H35NO. The highest BCUT2D eigenvalue weighted by atomic mass is 16.2. The molecule has 0 aromatic rings. The SMILES string of the molecule is CC[C@H]1CC[C@H]2[C@@H]3C(C)CC4N(C)C(=O)C=C[C@]4(C)[C@H]3CC[C@]12C. The van der Waals surface area contributed by atoms with Crippen molar-refractivity contribution in [1.29, 1.82) is 0 Å². The third kappa shape index (κ3) is 1.98. The molecule has 3 saturated carbocycles. The Morgan fingerprint density at radius 3 is 2.67 bits per heavy atom. The summed E-state index contributed by atoms with van der Waals surface area (Å²) >= 11 is 0. The quantitative estimate of drug-likeness (QED) is 0.670. The van der Waals surface area contributed by atoms with Crippen LogP contribution in [0.4, 0.5) is 0 Å². The van der Waals surface area contributed by atoms with Gasteiger partial charge in [-0.25, -0.2) is 0 Å². The normalized spacial score (nSPS) is 53.5. The fraction of sp³-hybridized carbons (Fsp3) is 0.864. The molecular weight excluding hydrogens is 294 g/mol. The summed E-state index contributed by atoms with van der Waals surface area (Å²) in [5.41, 5.74) is 0.763. The third-order valence-electron chi connectivity index (χ3n) is 9.19. The molecule has 3 fully saturated rings. The molecule has 0 aromatic carbocycles. The summed E-state index contributed by atoms with van der Waals surface area (Å²) in [6, 6.07) is 0.402. The fourth-order valence-corrected chi connectivity index (χ4v) is 7.84. The number of hydrogen-bond acceptors (Lipinski definition) is 1. The summed E-state index contributed by atoms with van der Waals surface area (Å²) in [5, 5.41) is 0. The van der Waals surface area contributed by atoms with E-state index in [9.17, 15) is 4.79 Å². The van der Waals surface area contributed by atoms with Crippen LogP contribution < -0.4 is 0 Å². The van der Waals surface area contributed by atoms with Crippen molar-refractivity contribution in [1.82, 2.24) is 4.90 Å². The van der Waals surface area contributed by atoms with Gasteiger partial charge >= 0.3 is 0 Å². The maximum atomic E-state index is 12.2. The lowest BCUT2D eigenvalue weighted by molar-refractivity contribution is -0.144. The number of amides is 1. The maximum absolute atomic E-state index is 12.2. The third-order valence-corrected chi connectivity index (χ3v) is 9.19. The zero-order valence-corrected chi connectivity index (χ0v) is 16.2. The molecule has 1 amide bonds. The van der Waals surface area contributed by atoms with Crippen LogP contribution in [0.1, 0.15) is 66.2 Å². The number of carbonyl (C=O) groups is 1. The van der Waals surface area contributed by atoms with E-state index in [0.29, 0.717) is 11.5 Å². The molecule has 8 atom stereocenters. The van der Waals surface area contributed by atoms with Crippen molar-refractivity contribution >= 4 is 5.91 Å². The summed E-state index contributed by atoms with van der Waals surface area (Å²) in [6.45, 7) is 9.95. The van der Waals surface area contributed by atoms with Crippen LogP contribution in [0.15, 0.2) is 12.2 Å². The number of nitrogens with zero attached hydrogens (tertiary/aromatic N) is 1. The zero-order valence-electron chi connectivity index (χ0n) is 16.2. The molecule has 134 valence electrons. The largest absolute Gasteiger partial charge is 0.338 e. The first kappa shape index (κ1) is 16.7. The Hall–Kier alpha value is -0.790. The number of carbonyl (C=O) groups excluding carboxylic acids is 1. The van der Waals surface area contributed by atoms with Crippen molar-refractivity contribution in [2.45, 2.75) is 72.3 Å². The molecule has 0 bridgehead atoms. The lowest BCUT2D eigenvalue weighted by Crippen LogP contribution is -2.61. The van der Waals surface area contributed by atoms with Crippen LogP contribution in [0.5, 0.6) is 0 Å². The Bertz CT molecular complexity index is 568. The standard InChI is InChI=1S/C22H35NO/c1-6-15-7-8-16-20-14(2)13-18-22(4,12-10-19(24)23(18)5)17(20)9-11-21(15,16)3/h10,12,14-18,20H,6-9,11,13H2,1-5H3/t14?,15-,16-,17-,18?,20-,21+,22+/m0/s1. The molecule has 2 heteroatoms. The molecule has 2 unspecified atom stereocenters. The van der Waals surface area contributed by atoms with Crippen molar-refractivity contribution in [2.75, 3.05) is 7.05 Å². The number of likely N-dealkylation sites (N-methyl/N-ethyl adjacent to an activating group) is 1. The number of rotatable bonds is 1. The topological polar surface area (TPSA) is 20.3 Å². The summed E-state index contributed by atoms with van der Waals surface area (Å²) in [7, 11) is 2.03. The molecule has 3 aliphatic carbocycles. The van der Waals surface area contributed by atoms with Gasteiger partial charge in [0.05, 0.1) is 0 Å². The van der Waals surface area contributed by atoms with Gasteiger partial charge in [0.25, 0.3) is 0 Å². The van der Waals surface area contributed by atoms with Crippen LogP contribution in [0, 0.1) is 40.4 Å². The second kappa shape index (κ2) is 5.35. The molecule has 1 aliphatic heterocycles. The highest BCUT2D eigenvalue weighted by Crippen LogP contribution is 2.66. The zero-order chi connectivity index (χ0) is 17.3. The van der Waals surface area contributed by atoms with Crippen molar-refractivity contribution < 1.29 is 4.79 Å². The summed E-state index contributed by atoms with van der Waals surface area (Å²) in [6.07, 6.45) is 12.4. The Morgan fingerprint density at radius 2 is 1.96 bits per heavy atom. The van der Waals surface area contributed by atoms with Crippen LogP contribution in [0.2, 0.25) is 0 Å². The molecule has 0 N–H and O–H groups in total. The number of hydrogen-bond donors (Lipinski definition) is 0. The van der Waals surface area contributed by atoms with E-state index in [-0.39, 0.29) is 11.3 Å². The van der Waals surface area contributed by atoms with Crippen LogP contribution in [0.25, 0.3) is 0 Å². The van der Waals surface area contributed by atoms with Crippen molar-refractivity contribution in [3.8, 4) is 0 Å². The van der Waals surface area contributed by atoms with Gasteiger partial charge in [0.15, 0.2) is 0 Å². The molecule has 2 nitrogen and oxygen atoms in total. The lowest BCUT2D eigenvalue weighted by atomic mass is 9.45. The minimum absolute atomic E-state index is 0.186. The minimum Gasteiger partial charge on any atom is -0.338 e. The van der Waals surface area contributed by atoms with Gasteiger partial charge in [-0.05, 0) is 73.2 Å². The highest BCUT2D eigenvalue weighted by molar-refractivity contribution is 5.89. The van der Waals surface area contributed by atoms with E-state index in [0.717, 1.165) is 29.6 Å². The van der Waals surface area contributed by atoms with E-state index in [2.05, 4.69) is 33.8 Å². The van der Waals surface area contributed by atoms with Gasteiger partial charge in [-0.1, -0.05) is 40.2 Å². The maximum Gasteiger partial charge on any atom is 0.246 e. The van der Waals surface area contributed by atoms with Crippen molar-refractivity contribution in [2.24, 2.45) is 40.4 Å². The minimum atomic E-state index is 0.186. The lowest BCUT2D eigenvalue weighted by Gasteiger charge is -2.62. The van der Waals surface area contributed by atoms with E-state index in [1.54, 1.807) is 0 Å². The summed E-state index contributed by atoms with van der Waals surface area (Å²) < 4.78 is 0. The Kier molecular flexibility index (Phi) is 3.72. The Labute approximate surface area is 148 Å². The van der Waals surface area contributed by atoms with Gasteiger partial charge in [-0.15, -0.1) is 0 Å². The molecule has 0 spiro atoms. The summed E-state index contributed by atoms with van der Waals surface area (Å²) in [5.74, 6) is 4.41. The predicted molar refractivity (Wildman–Crippen MR) is 98.4 cm³/mol. The van der Waals surface area contributed by atoms with Gasteiger partial charge in [-0.2, -0.15) is 0 Å². The van der Waals surface area contributed by atoms with Crippen LogP contribution in [0.3, 0.4) is 0 Å². The first-order valence-corrected chi connectivity index (χ1v) is 10.3. The molecule has 0 saturated heterocycles. The van der Waals surface area contributed by atoms with Crippen LogP contribution >= 0.6 is 0 Å². The molecule has 4 rings (SSSR count). The van der Waals surface area contributed by atoms with Crippen LogP contribution in [-0.4, -0.2) is 23.9 Å². The highest BCUT2D eigenvalue weighted by Gasteiger charge is 2.61. The van der Waals surface area contributed by atoms with E-state index in [4.69, 9.17) is 0 Å². The van der Waals surface area contributed by atoms with Crippen molar-refractivity contribution in [3.63, 3.8) is 0 Å². The first-order chi connectivity index (χ1) is 11.3. The second-order valence-electron chi connectivity index (χ2n) is 9.89. The monoisotopic (exact) mass is 329 g/mol. The van der Waals surface area contributed by atoms with E-state index < -0.39 is 0 Å². The first-order valence-electron chi connectivity index (χ1n) is 10.3. The average Bonchev–Trinajstić information content (AvgIpc) is 2.90. The Balaban J connectivity index is 1.72. The molecule has 4 aliphatic rings. The number of fused-ring (bicyclic) bond motifs is 5. The summed E-state index contributed by atoms with van der Waals surface area (Å²) in [4.78, 5) is 14.3. The van der Waals surface area contributed by atoms with Crippen LogP contribution in [-0.2, 0) is 4.79 Å².